The van der Waals surface area contributed by atoms with Crippen LogP contribution in [0.5, 0.6) is 0 Å². The predicted molar refractivity (Wildman–Crippen MR) is 36.6 cm³/mol. The summed E-state index contributed by atoms with van der Waals surface area (Å²) < 4.78 is -0.787. The standard InChI is InChI=1S/2C2H3O2.2ClH.Ti/c2*1-2(3)4;;;/h2*1H2,(H,3,4);2*1H;/q;;;;+2/p-2. The van der Waals surface area contributed by atoms with Crippen LogP contribution in [0, 0.1) is 0 Å². The van der Waals surface area contributed by atoms with E-state index in [0.29, 0.717) is 0 Å². The molecule has 0 unspecified atom stereocenters. The number of carboxylic acids is 2. The van der Waals surface area contributed by atoms with E-state index in [9.17, 15) is 9.59 Å². The zero-order chi connectivity index (χ0) is 9.07. The second kappa shape index (κ2) is 4.31. The molecule has 2 N–H and O–H groups in total. The first-order valence-electron chi connectivity index (χ1n) is 2.65. The van der Waals surface area contributed by atoms with Gasteiger partial charge in [-0.05, 0) is 0 Å². The molecule has 0 aromatic carbocycles. The number of hydrogen-bond acceptors (Lipinski definition) is 2. The zero-order valence-corrected chi connectivity index (χ0v) is 8.45. The Labute approximate surface area is 74.2 Å². The van der Waals surface area contributed by atoms with Crippen molar-refractivity contribution in [1.82, 2.24) is 0 Å². The van der Waals surface area contributed by atoms with Gasteiger partial charge in [-0.25, -0.2) is 0 Å². The first-order chi connectivity index (χ1) is 4.83. The second-order valence-corrected chi connectivity index (χ2v) is 12.5. The molecule has 4 nitrogen and oxygen atoms in total. The van der Waals surface area contributed by atoms with E-state index in [1.165, 1.54) is 0 Å². The van der Waals surface area contributed by atoms with E-state index in [-0.39, 0.29) is 0 Å². The summed E-state index contributed by atoms with van der Waals surface area (Å²) in [7, 11) is 11.0. The Morgan fingerprint density at radius 2 is 1.36 bits per heavy atom. The second-order valence-electron chi connectivity index (χ2n) is 2.00. The molecule has 11 heavy (non-hydrogen) atoms. The van der Waals surface area contributed by atoms with Gasteiger partial charge in [0, 0.05) is 0 Å². The predicted octanol–water partition coefficient (Wildman–Crippen LogP) is 1.45. The van der Waals surface area contributed by atoms with Gasteiger partial charge in [0.25, 0.3) is 0 Å². The van der Waals surface area contributed by atoms with E-state index < -0.39 is 35.9 Å². The van der Waals surface area contributed by atoms with Crippen LogP contribution in [-0.4, -0.2) is 22.2 Å². The first-order valence-corrected chi connectivity index (χ1v) is 9.15. The van der Waals surface area contributed by atoms with Gasteiger partial charge in [-0.2, -0.15) is 0 Å². The van der Waals surface area contributed by atoms with Crippen molar-refractivity contribution in [2.24, 2.45) is 0 Å². The van der Waals surface area contributed by atoms with Crippen molar-refractivity contribution in [2.75, 3.05) is 0 Å². The van der Waals surface area contributed by atoms with Gasteiger partial charge >= 0.3 is 74.3 Å². The molecule has 0 aromatic rings. The van der Waals surface area contributed by atoms with Crippen molar-refractivity contribution in [2.45, 2.75) is 9.45 Å². The maximum absolute atomic E-state index is 10.1. The van der Waals surface area contributed by atoms with Crippen molar-refractivity contribution in [3.05, 3.63) is 0 Å². The van der Waals surface area contributed by atoms with Crippen molar-refractivity contribution in [3.63, 3.8) is 0 Å². The maximum atomic E-state index is 10.1. The topological polar surface area (TPSA) is 74.6 Å². The third kappa shape index (κ3) is 6.63. The van der Waals surface area contributed by atoms with Gasteiger partial charge in [0.05, 0.1) is 0 Å². The van der Waals surface area contributed by atoms with E-state index in [0.717, 1.165) is 0 Å². The van der Waals surface area contributed by atoms with E-state index in [4.69, 9.17) is 28.8 Å². The summed E-state index contributed by atoms with van der Waals surface area (Å²) in [5.41, 5.74) is 0. The summed E-state index contributed by atoms with van der Waals surface area (Å²) in [5.74, 6) is -2.28. The van der Waals surface area contributed by atoms with Crippen LogP contribution < -0.4 is 0 Å². The monoisotopic (exact) mass is 236 g/mol. The molecular formula is C4H6Cl2O4Ti. The fourth-order valence-electron chi connectivity index (χ4n) is 0.505. The first kappa shape index (κ1) is 11.2. The molecule has 0 bridgehead atoms. The van der Waals surface area contributed by atoms with Gasteiger partial charge in [0.15, 0.2) is 0 Å². The number of rotatable bonds is 4. The summed E-state index contributed by atoms with van der Waals surface area (Å²) in [6.07, 6.45) is 0. The third-order valence-corrected chi connectivity index (χ3v) is 5.58. The minimum absolute atomic E-state index is 0.393. The van der Waals surface area contributed by atoms with Crippen LogP contribution in [0.3, 0.4) is 0 Å². The van der Waals surface area contributed by atoms with Crippen LogP contribution >= 0.6 is 18.6 Å². The average molecular weight is 237 g/mol. The Balaban J connectivity index is 3.99. The molecular weight excluding hydrogens is 231 g/mol. The SMILES string of the molecule is O=C(O)[CH2][Ti]([Cl])([Cl])[CH2]C(=O)O. The molecule has 0 saturated carbocycles. The molecule has 0 spiro atoms. The summed E-state index contributed by atoms with van der Waals surface area (Å²) in [5, 5.41) is 16.5. The molecule has 0 saturated heterocycles. The molecule has 7 heteroatoms. The van der Waals surface area contributed by atoms with E-state index >= 15 is 0 Å². The van der Waals surface area contributed by atoms with Crippen molar-refractivity contribution in [3.8, 4) is 0 Å². The van der Waals surface area contributed by atoms with Gasteiger partial charge in [0.1, 0.15) is 0 Å². The van der Waals surface area contributed by atoms with Gasteiger partial charge in [-0.1, -0.05) is 0 Å². The minimum atomic E-state index is -3.56. The molecule has 0 aliphatic rings. The molecule has 0 amide bonds. The number of carboxylic acid groups (broad SMARTS) is 2. The van der Waals surface area contributed by atoms with Crippen LogP contribution in [-0.2, 0) is 24.1 Å². The Kier molecular flexibility index (Phi) is 4.40. The van der Waals surface area contributed by atoms with Crippen LogP contribution in [0.2, 0.25) is 9.45 Å². The van der Waals surface area contributed by atoms with Crippen molar-refractivity contribution >= 4 is 30.5 Å². The number of halogens is 2. The van der Waals surface area contributed by atoms with Crippen LogP contribution in [0.4, 0.5) is 0 Å². The third-order valence-electron chi connectivity index (χ3n) is 0.820. The molecule has 0 heterocycles. The molecule has 0 aliphatic heterocycles. The molecule has 0 aliphatic carbocycles. The normalized spacial score (nSPS) is 11.1. The van der Waals surface area contributed by atoms with Crippen LogP contribution in [0.25, 0.3) is 0 Å². The van der Waals surface area contributed by atoms with Gasteiger partial charge in [0.2, 0.25) is 0 Å². The molecule has 0 fully saturated rings. The van der Waals surface area contributed by atoms with Crippen molar-refractivity contribution in [1.29, 1.82) is 0 Å². The molecule has 0 radical (unpaired) electrons. The van der Waals surface area contributed by atoms with Crippen LogP contribution in [0.1, 0.15) is 0 Å². The van der Waals surface area contributed by atoms with Gasteiger partial charge in [-0.3, -0.25) is 0 Å². The molecule has 0 rings (SSSR count). The Bertz CT molecular complexity index is 163. The summed E-state index contributed by atoms with van der Waals surface area (Å²) in [6, 6.07) is 0. The molecule has 0 aromatic heterocycles. The fourth-order valence-corrected chi connectivity index (χ4v) is 3.97. The quantitative estimate of drug-likeness (QED) is 0.725. The van der Waals surface area contributed by atoms with Gasteiger partial charge < -0.3 is 0 Å². The average Bonchev–Trinajstić information content (AvgIpc) is 1.53. The number of hydrogen-bond donors (Lipinski definition) is 2. The van der Waals surface area contributed by atoms with E-state index in [1.54, 1.807) is 0 Å². The number of carbonyl (C=O) groups is 2. The Hall–Kier alpha value is 0.234. The Morgan fingerprint density at radius 1 is 1.09 bits per heavy atom. The fraction of sp³-hybridized carbons (Fsp3) is 0.500. The summed E-state index contributed by atoms with van der Waals surface area (Å²) in [4.78, 5) is 20.2. The molecule has 64 valence electrons. The van der Waals surface area contributed by atoms with Gasteiger partial charge in [-0.15, -0.1) is 0 Å². The summed E-state index contributed by atoms with van der Waals surface area (Å²) in [6.45, 7) is 0. The molecule has 0 atom stereocenters. The zero-order valence-electron chi connectivity index (χ0n) is 5.38. The van der Waals surface area contributed by atoms with Crippen LogP contribution in [0.15, 0.2) is 0 Å². The van der Waals surface area contributed by atoms with Crippen molar-refractivity contribution < 1.29 is 34.3 Å². The van der Waals surface area contributed by atoms with E-state index in [1.807, 2.05) is 0 Å². The summed E-state index contributed by atoms with van der Waals surface area (Å²) >= 11 is -3.56. The van der Waals surface area contributed by atoms with E-state index in [2.05, 4.69) is 0 Å². The Morgan fingerprint density at radius 3 is 1.55 bits per heavy atom. The number of aliphatic carboxylic acids is 2.